The molecular weight excluding hydrogens is 368 g/mol. The van der Waals surface area contributed by atoms with Gasteiger partial charge in [0.05, 0.1) is 10.7 Å². The molecule has 2 aromatic rings. The van der Waals surface area contributed by atoms with Gasteiger partial charge >= 0.3 is 0 Å². The van der Waals surface area contributed by atoms with Crippen molar-refractivity contribution in [3.05, 3.63) is 38.3 Å². The highest BCUT2D eigenvalue weighted by Gasteiger charge is 2.34. The lowest BCUT2D eigenvalue weighted by molar-refractivity contribution is 0.265. The van der Waals surface area contributed by atoms with Gasteiger partial charge in [0.2, 0.25) is 0 Å². The molecular formula is C16H18BrClN2S. The SMILES string of the molecule is CNC1CC(C)(C)Cc2nc(-c3cc(Br)ccc3Cl)sc21. The topological polar surface area (TPSA) is 24.9 Å². The first-order chi connectivity index (χ1) is 9.89. The number of nitrogens with one attached hydrogen (secondary N) is 1. The Labute approximate surface area is 143 Å². The predicted molar refractivity (Wildman–Crippen MR) is 94.2 cm³/mol. The van der Waals surface area contributed by atoms with E-state index >= 15 is 0 Å². The van der Waals surface area contributed by atoms with Crippen LogP contribution in [0.2, 0.25) is 5.02 Å². The van der Waals surface area contributed by atoms with Crippen LogP contribution in [0.4, 0.5) is 0 Å². The fourth-order valence-electron chi connectivity index (χ4n) is 2.94. The Hall–Kier alpha value is -0.420. The summed E-state index contributed by atoms with van der Waals surface area (Å²) >= 11 is 11.6. The summed E-state index contributed by atoms with van der Waals surface area (Å²) in [5.41, 5.74) is 2.52. The molecule has 1 atom stereocenters. The van der Waals surface area contributed by atoms with Crippen LogP contribution in [0.25, 0.3) is 10.6 Å². The van der Waals surface area contributed by atoms with E-state index in [9.17, 15) is 0 Å². The Balaban J connectivity index is 2.08. The zero-order valence-corrected chi connectivity index (χ0v) is 15.5. The van der Waals surface area contributed by atoms with E-state index in [1.165, 1.54) is 10.6 Å². The molecule has 0 saturated carbocycles. The highest BCUT2D eigenvalue weighted by atomic mass is 79.9. The monoisotopic (exact) mass is 384 g/mol. The molecule has 5 heteroatoms. The van der Waals surface area contributed by atoms with Gasteiger partial charge in [0, 0.05) is 21.0 Å². The summed E-state index contributed by atoms with van der Waals surface area (Å²) in [6.45, 7) is 4.62. The van der Waals surface area contributed by atoms with Crippen LogP contribution in [0, 0.1) is 5.41 Å². The Morgan fingerprint density at radius 2 is 2.19 bits per heavy atom. The number of fused-ring (bicyclic) bond motifs is 1. The lowest BCUT2D eigenvalue weighted by Crippen LogP contribution is -2.30. The van der Waals surface area contributed by atoms with Gasteiger partial charge in [-0.2, -0.15) is 0 Å². The molecule has 2 nitrogen and oxygen atoms in total. The quantitative estimate of drug-likeness (QED) is 0.742. The van der Waals surface area contributed by atoms with Gasteiger partial charge in [-0.05, 0) is 43.5 Å². The summed E-state index contributed by atoms with van der Waals surface area (Å²) in [6, 6.07) is 6.31. The Morgan fingerprint density at radius 3 is 2.90 bits per heavy atom. The second kappa shape index (κ2) is 5.65. The van der Waals surface area contributed by atoms with Gasteiger partial charge < -0.3 is 5.32 Å². The number of nitrogens with zero attached hydrogens (tertiary/aromatic N) is 1. The maximum absolute atomic E-state index is 6.35. The summed E-state index contributed by atoms with van der Waals surface area (Å²) in [5.74, 6) is 0. The molecule has 0 amide bonds. The third kappa shape index (κ3) is 3.04. The molecule has 112 valence electrons. The number of rotatable bonds is 2. The van der Waals surface area contributed by atoms with E-state index in [0.717, 1.165) is 32.9 Å². The van der Waals surface area contributed by atoms with Gasteiger partial charge in [-0.1, -0.05) is 41.4 Å². The van der Waals surface area contributed by atoms with Crippen molar-refractivity contribution >= 4 is 38.9 Å². The molecule has 1 heterocycles. The largest absolute Gasteiger partial charge is 0.312 e. The molecule has 3 rings (SSSR count). The van der Waals surface area contributed by atoms with Crippen LogP contribution in [-0.4, -0.2) is 12.0 Å². The fourth-order valence-corrected chi connectivity index (χ4v) is 4.79. The third-order valence-corrected chi connectivity index (χ3v) is 6.02. The standard InChI is InChI=1S/C16H18BrClN2S/c1-16(2)7-12(19-3)14-13(8-16)20-15(21-14)10-6-9(17)4-5-11(10)18/h4-6,12,19H,7-8H2,1-3H3. The van der Waals surface area contributed by atoms with Gasteiger partial charge in [0.1, 0.15) is 5.01 Å². The van der Waals surface area contributed by atoms with Crippen LogP contribution >= 0.6 is 38.9 Å². The van der Waals surface area contributed by atoms with Crippen LogP contribution in [-0.2, 0) is 6.42 Å². The van der Waals surface area contributed by atoms with E-state index in [1.54, 1.807) is 11.3 Å². The number of aromatic nitrogens is 1. The average Bonchev–Trinajstić information content (AvgIpc) is 2.82. The number of hydrogen-bond acceptors (Lipinski definition) is 3. The number of thiazole rings is 1. The predicted octanol–water partition coefficient (Wildman–Crippen LogP) is 5.46. The minimum absolute atomic E-state index is 0.285. The van der Waals surface area contributed by atoms with Gasteiger partial charge in [0.15, 0.2) is 0 Å². The maximum atomic E-state index is 6.35. The lowest BCUT2D eigenvalue weighted by Gasteiger charge is -2.34. The van der Waals surface area contributed by atoms with Gasteiger partial charge in [-0.3, -0.25) is 0 Å². The summed E-state index contributed by atoms with van der Waals surface area (Å²) in [6.07, 6.45) is 2.17. The average molecular weight is 386 g/mol. The van der Waals surface area contributed by atoms with Crippen molar-refractivity contribution in [3.8, 4) is 10.6 Å². The van der Waals surface area contributed by atoms with E-state index in [1.807, 2.05) is 25.2 Å². The van der Waals surface area contributed by atoms with Crippen LogP contribution < -0.4 is 5.32 Å². The lowest BCUT2D eigenvalue weighted by atomic mass is 9.76. The smallest absolute Gasteiger partial charge is 0.125 e. The van der Waals surface area contributed by atoms with Crippen LogP contribution in [0.15, 0.2) is 22.7 Å². The Bertz CT molecular complexity index is 681. The minimum Gasteiger partial charge on any atom is -0.312 e. The first-order valence-electron chi connectivity index (χ1n) is 7.02. The molecule has 1 aromatic carbocycles. The molecule has 1 unspecified atom stereocenters. The van der Waals surface area contributed by atoms with E-state index in [4.69, 9.17) is 16.6 Å². The van der Waals surface area contributed by atoms with Crippen molar-refractivity contribution in [2.45, 2.75) is 32.7 Å². The van der Waals surface area contributed by atoms with Crippen molar-refractivity contribution < 1.29 is 0 Å². The van der Waals surface area contributed by atoms with Crippen LogP contribution in [0.3, 0.4) is 0 Å². The molecule has 1 aliphatic carbocycles. The van der Waals surface area contributed by atoms with Crippen molar-refractivity contribution in [2.75, 3.05) is 7.05 Å². The van der Waals surface area contributed by atoms with Crippen molar-refractivity contribution in [2.24, 2.45) is 5.41 Å². The molecule has 1 aromatic heterocycles. The molecule has 0 spiro atoms. The highest BCUT2D eigenvalue weighted by Crippen LogP contribution is 2.45. The molecule has 0 saturated heterocycles. The highest BCUT2D eigenvalue weighted by molar-refractivity contribution is 9.10. The molecule has 1 aliphatic rings. The zero-order valence-electron chi connectivity index (χ0n) is 12.3. The van der Waals surface area contributed by atoms with Crippen LogP contribution in [0.5, 0.6) is 0 Å². The van der Waals surface area contributed by atoms with Gasteiger partial charge in [-0.25, -0.2) is 4.98 Å². The Kier molecular flexibility index (Phi) is 4.17. The summed E-state index contributed by atoms with van der Waals surface area (Å²) < 4.78 is 1.03. The molecule has 21 heavy (non-hydrogen) atoms. The third-order valence-electron chi connectivity index (χ3n) is 3.95. The molecule has 0 aliphatic heterocycles. The van der Waals surface area contributed by atoms with E-state index in [2.05, 4.69) is 35.1 Å². The molecule has 1 N–H and O–H groups in total. The second-order valence-electron chi connectivity index (χ2n) is 6.34. The summed E-state index contributed by atoms with van der Waals surface area (Å²) in [4.78, 5) is 6.25. The van der Waals surface area contributed by atoms with Crippen molar-refractivity contribution in [1.29, 1.82) is 0 Å². The van der Waals surface area contributed by atoms with E-state index in [-0.39, 0.29) is 5.41 Å². The van der Waals surface area contributed by atoms with Crippen LogP contribution in [0.1, 0.15) is 36.9 Å². The first-order valence-corrected chi connectivity index (χ1v) is 9.01. The maximum Gasteiger partial charge on any atom is 0.125 e. The van der Waals surface area contributed by atoms with Crippen molar-refractivity contribution in [3.63, 3.8) is 0 Å². The summed E-state index contributed by atoms with van der Waals surface area (Å²) in [5, 5.41) is 5.21. The fraction of sp³-hybridized carbons (Fsp3) is 0.438. The minimum atomic E-state index is 0.285. The van der Waals surface area contributed by atoms with Crippen molar-refractivity contribution in [1.82, 2.24) is 10.3 Å². The molecule has 0 fully saturated rings. The second-order valence-corrected chi connectivity index (χ2v) is 8.69. The number of hydrogen-bond donors (Lipinski definition) is 1. The molecule has 0 bridgehead atoms. The number of halogens is 2. The zero-order chi connectivity index (χ0) is 15.2. The normalized spacial score (nSPS) is 20.3. The molecule has 0 radical (unpaired) electrons. The Morgan fingerprint density at radius 1 is 1.43 bits per heavy atom. The van der Waals surface area contributed by atoms with E-state index < -0.39 is 0 Å². The van der Waals surface area contributed by atoms with E-state index in [0.29, 0.717) is 6.04 Å². The van der Waals surface area contributed by atoms with Gasteiger partial charge in [-0.15, -0.1) is 11.3 Å². The van der Waals surface area contributed by atoms with Gasteiger partial charge in [0.25, 0.3) is 0 Å². The summed E-state index contributed by atoms with van der Waals surface area (Å²) in [7, 11) is 2.03. The first kappa shape index (κ1) is 15.5. The number of benzene rings is 1.